The molecule has 2 aromatic carbocycles. The lowest BCUT2D eigenvalue weighted by molar-refractivity contribution is -0.384. The van der Waals surface area contributed by atoms with Crippen LogP contribution < -0.4 is 4.90 Å². The van der Waals surface area contributed by atoms with Crippen molar-refractivity contribution in [1.29, 1.82) is 0 Å². The fourth-order valence-corrected chi connectivity index (χ4v) is 3.77. The van der Waals surface area contributed by atoms with E-state index in [1.54, 1.807) is 15.8 Å². The number of hydrogen-bond acceptors (Lipinski definition) is 6. The van der Waals surface area contributed by atoms with E-state index in [0.29, 0.717) is 23.8 Å². The molecule has 8 nitrogen and oxygen atoms in total. The third-order valence-corrected chi connectivity index (χ3v) is 5.26. The van der Waals surface area contributed by atoms with Crippen LogP contribution in [0.25, 0.3) is 10.2 Å². The summed E-state index contributed by atoms with van der Waals surface area (Å²) in [6, 6.07) is 15.1. The van der Waals surface area contributed by atoms with Crippen LogP contribution in [0.5, 0.6) is 0 Å². The van der Waals surface area contributed by atoms with Gasteiger partial charge < -0.3 is 0 Å². The van der Waals surface area contributed by atoms with Crippen LogP contribution in [-0.2, 0) is 6.54 Å². The van der Waals surface area contributed by atoms with Crippen molar-refractivity contribution in [2.24, 2.45) is 0 Å². The Morgan fingerprint density at radius 2 is 1.93 bits per heavy atom. The summed E-state index contributed by atoms with van der Waals surface area (Å²) >= 11 is 1.43. The SMILES string of the molecule is O=C(c1ccc([N+](=O)[O-])cc1)N(CCn1cccn1)c1nc2ccccc2s1. The molecule has 0 aliphatic heterocycles. The molecule has 0 aliphatic rings. The Kier molecular flexibility index (Phi) is 4.81. The normalized spacial score (nSPS) is 10.9. The summed E-state index contributed by atoms with van der Waals surface area (Å²) in [6.45, 7) is 0.874. The fourth-order valence-electron chi connectivity index (χ4n) is 2.78. The molecule has 0 radical (unpaired) electrons. The van der Waals surface area contributed by atoms with Crippen LogP contribution in [0, 0.1) is 10.1 Å². The van der Waals surface area contributed by atoms with Gasteiger partial charge in [0.05, 0.1) is 21.7 Å². The van der Waals surface area contributed by atoms with Crippen LogP contribution in [0.1, 0.15) is 10.4 Å². The second-order valence-electron chi connectivity index (χ2n) is 5.99. The van der Waals surface area contributed by atoms with Crippen molar-refractivity contribution in [3.05, 3.63) is 82.7 Å². The molecule has 2 aromatic heterocycles. The number of para-hydroxylation sites is 1. The zero-order valence-corrected chi connectivity index (χ0v) is 15.5. The molecule has 0 saturated carbocycles. The minimum Gasteiger partial charge on any atom is -0.282 e. The highest BCUT2D eigenvalue weighted by Gasteiger charge is 2.22. The number of anilines is 1. The van der Waals surface area contributed by atoms with Gasteiger partial charge in [-0.05, 0) is 30.3 Å². The first kappa shape index (κ1) is 17.8. The number of nitro benzene ring substituents is 1. The van der Waals surface area contributed by atoms with Crippen molar-refractivity contribution in [3.8, 4) is 0 Å². The largest absolute Gasteiger partial charge is 0.282 e. The number of carbonyl (C=O) groups excluding carboxylic acids is 1. The van der Waals surface area contributed by atoms with E-state index in [0.717, 1.165) is 10.2 Å². The zero-order valence-electron chi connectivity index (χ0n) is 14.6. The molecule has 4 aromatic rings. The minimum atomic E-state index is -0.489. The maximum absolute atomic E-state index is 13.2. The number of thiazole rings is 1. The Morgan fingerprint density at radius 3 is 2.61 bits per heavy atom. The lowest BCUT2D eigenvalue weighted by atomic mass is 10.2. The number of benzene rings is 2. The molecule has 2 heterocycles. The van der Waals surface area contributed by atoms with Gasteiger partial charge in [0.1, 0.15) is 0 Å². The Bertz CT molecular complexity index is 1090. The number of non-ortho nitro benzene ring substituents is 1. The third-order valence-electron chi connectivity index (χ3n) is 4.20. The second-order valence-corrected chi connectivity index (χ2v) is 7.00. The van der Waals surface area contributed by atoms with Crippen LogP contribution in [0.4, 0.5) is 10.8 Å². The van der Waals surface area contributed by atoms with Crippen molar-refractivity contribution >= 4 is 38.3 Å². The average molecular weight is 393 g/mol. The highest BCUT2D eigenvalue weighted by atomic mass is 32.1. The van der Waals surface area contributed by atoms with Gasteiger partial charge in [0, 0.05) is 36.6 Å². The molecular formula is C19H15N5O3S. The van der Waals surface area contributed by atoms with E-state index in [-0.39, 0.29) is 11.6 Å². The number of rotatable bonds is 6. The summed E-state index contributed by atoms with van der Waals surface area (Å²) in [7, 11) is 0. The van der Waals surface area contributed by atoms with E-state index in [1.165, 1.54) is 35.6 Å². The van der Waals surface area contributed by atoms with E-state index in [4.69, 9.17) is 0 Å². The number of nitro groups is 1. The van der Waals surface area contributed by atoms with Gasteiger partial charge in [-0.3, -0.25) is 24.5 Å². The summed E-state index contributed by atoms with van der Waals surface area (Å²) in [5, 5.41) is 15.6. The van der Waals surface area contributed by atoms with E-state index < -0.39 is 4.92 Å². The molecule has 0 bridgehead atoms. The van der Waals surface area contributed by atoms with E-state index in [9.17, 15) is 14.9 Å². The molecule has 1 amide bonds. The molecule has 0 spiro atoms. The maximum atomic E-state index is 13.2. The molecule has 0 fully saturated rings. The van der Waals surface area contributed by atoms with Gasteiger partial charge in [-0.1, -0.05) is 23.5 Å². The summed E-state index contributed by atoms with van der Waals surface area (Å²) in [4.78, 5) is 29.7. The fraction of sp³-hybridized carbons (Fsp3) is 0.105. The number of aromatic nitrogens is 3. The van der Waals surface area contributed by atoms with Gasteiger partial charge in [-0.15, -0.1) is 0 Å². The topological polar surface area (TPSA) is 94.2 Å². The third kappa shape index (κ3) is 3.60. The Labute approximate surface area is 163 Å². The lowest BCUT2D eigenvalue weighted by Gasteiger charge is -2.20. The van der Waals surface area contributed by atoms with Crippen LogP contribution in [0.2, 0.25) is 0 Å². The summed E-state index contributed by atoms with van der Waals surface area (Å²) in [5.74, 6) is -0.263. The predicted molar refractivity (Wildman–Crippen MR) is 107 cm³/mol. The number of fused-ring (bicyclic) bond motifs is 1. The molecule has 4 rings (SSSR count). The first-order valence-corrected chi connectivity index (χ1v) is 9.33. The van der Waals surface area contributed by atoms with Gasteiger partial charge in [0.2, 0.25) is 0 Å². The van der Waals surface area contributed by atoms with Crippen molar-refractivity contribution in [2.75, 3.05) is 11.4 Å². The van der Waals surface area contributed by atoms with Gasteiger partial charge in [-0.2, -0.15) is 5.10 Å². The summed E-state index contributed by atoms with van der Waals surface area (Å²) in [6.07, 6.45) is 3.51. The van der Waals surface area contributed by atoms with Crippen LogP contribution in [-0.4, -0.2) is 32.1 Å². The van der Waals surface area contributed by atoms with Crippen molar-refractivity contribution in [1.82, 2.24) is 14.8 Å². The number of amides is 1. The van der Waals surface area contributed by atoms with Crippen molar-refractivity contribution in [2.45, 2.75) is 6.54 Å². The van der Waals surface area contributed by atoms with Gasteiger partial charge >= 0.3 is 0 Å². The Morgan fingerprint density at radius 1 is 1.14 bits per heavy atom. The molecule has 140 valence electrons. The molecule has 0 atom stereocenters. The number of carbonyl (C=O) groups is 1. The van der Waals surface area contributed by atoms with Gasteiger partial charge in [-0.25, -0.2) is 4.98 Å². The Hall–Kier alpha value is -3.59. The molecule has 0 N–H and O–H groups in total. The first-order chi connectivity index (χ1) is 13.6. The molecule has 0 unspecified atom stereocenters. The van der Waals surface area contributed by atoms with Crippen LogP contribution in [0.15, 0.2) is 67.0 Å². The summed E-state index contributed by atoms with van der Waals surface area (Å²) in [5.41, 5.74) is 1.13. The van der Waals surface area contributed by atoms with E-state index in [2.05, 4.69) is 10.1 Å². The first-order valence-electron chi connectivity index (χ1n) is 8.51. The van der Waals surface area contributed by atoms with Crippen molar-refractivity contribution < 1.29 is 9.72 Å². The molecule has 9 heteroatoms. The maximum Gasteiger partial charge on any atom is 0.269 e. The molecule has 0 aliphatic carbocycles. The molecule has 0 saturated heterocycles. The monoisotopic (exact) mass is 393 g/mol. The highest BCUT2D eigenvalue weighted by molar-refractivity contribution is 7.22. The van der Waals surface area contributed by atoms with Crippen LogP contribution >= 0.6 is 11.3 Å². The smallest absolute Gasteiger partial charge is 0.269 e. The Balaban J connectivity index is 1.66. The number of hydrogen-bond donors (Lipinski definition) is 0. The van der Waals surface area contributed by atoms with E-state index >= 15 is 0 Å². The van der Waals surface area contributed by atoms with Gasteiger partial charge in [0.25, 0.3) is 11.6 Å². The summed E-state index contributed by atoms with van der Waals surface area (Å²) < 4.78 is 2.72. The zero-order chi connectivity index (χ0) is 19.5. The van der Waals surface area contributed by atoms with Crippen LogP contribution in [0.3, 0.4) is 0 Å². The molecular weight excluding hydrogens is 378 g/mol. The van der Waals surface area contributed by atoms with Gasteiger partial charge in [0.15, 0.2) is 5.13 Å². The number of nitrogens with zero attached hydrogens (tertiary/aromatic N) is 5. The molecule has 28 heavy (non-hydrogen) atoms. The second kappa shape index (κ2) is 7.57. The average Bonchev–Trinajstić information content (AvgIpc) is 3.37. The standard InChI is InChI=1S/C19H15N5O3S/c25-18(14-6-8-15(9-7-14)24(26)27)23(13-12-22-11-3-10-20-22)19-21-16-4-1-2-5-17(16)28-19/h1-11H,12-13H2. The van der Waals surface area contributed by atoms with E-state index in [1.807, 2.05) is 36.5 Å². The highest BCUT2D eigenvalue weighted by Crippen LogP contribution is 2.29. The minimum absolute atomic E-state index is 0.0559. The van der Waals surface area contributed by atoms with Crippen molar-refractivity contribution in [3.63, 3.8) is 0 Å². The predicted octanol–water partition coefficient (Wildman–Crippen LogP) is 3.75. The quantitative estimate of drug-likeness (QED) is 0.367. The lowest BCUT2D eigenvalue weighted by Crippen LogP contribution is -2.34.